The number of rotatable bonds is 10. The molecule has 0 saturated heterocycles. The van der Waals surface area contributed by atoms with Crippen LogP contribution in [0.3, 0.4) is 0 Å². The van der Waals surface area contributed by atoms with Crippen molar-refractivity contribution in [3.8, 4) is 0 Å². The quantitative estimate of drug-likeness (QED) is 0.617. The van der Waals surface area contributed by atoms with Gasteiger partial charge in [0, 0.05) is 13.7 Å². The molecular weight excluding hydrogens is 246 g/mol. The summed E-state index contributed by atoms with van der Waals surface area (Å²) in [6.45, 7) is 2.05. The van der Waals surface area contributed by atoms with Crippen LogP contribution in [0.15, 0.2) is 30.3 Å². The number of hydrogen-bond acceptors (Lipinski definition) is 4. The predicted molar refractivity (Wildman–Crippen MR) is 72.3 cm³/mol. The second-order valence-corrected chi connectivity index (χ2v) is 4.14. The number of carboxylic acid groups (broad SMARTS) is 1. The first-order valence-corrected chi connectivity index (χ1v) is 6.31. The summed E-state index contributed by atoms with van der Waals surface area (Å²) in [6.07, 6.45) is 0.467. The smallest absolute Gasteiger partial charge is 0.321 e. The molecule has 1 aromatic rings. The first kappa shape index (κ1) is 15.6. The Morgan fingerprint density at radius 1 is 1.26 bits per heavy atom. The van der Waals surface area contributed by atoms with Crippen LogP contribution in [0.1, 0.15) is 5.56 Å². The van der Waals surface area contributed by atoms with Crippen molar-refractivity contribution in [2.45, 2.75) is 12.5 Å². The molecule has 0 aliphatic rings. The molecule has 0 aliphatic heterocycles. The van der Waals surface area contributed by atoms with Gasteiger partial charge in [-0.1, -0.05) is 30.3 Å². The van der Waals surface area contributed by atoms with Gasteiger partial charge in [0.05, 0.1) is 19.8 Å². The van der Waals surface area contributed by atoms with Gasteiger partial charge in [-0.05, 0) is 12.0 Å². The maximum Gasteiger partial charge on any atom is 0.321 e. The second-order valence-electron chi connectivity index (χ2n) is 4.14. The van der Waals surface area contributed by atoms with Gasteiger partial charge < -0.3 is 19.9 Å². The van der Waals surface area contributed by atoms with Gasteiger partial charge in [0.1, 0.15) is 6.04 Å². The third-order valence-corrected chi connectivity index (χ3v) is 2.65. The molecule has 2 N–H and O–H groups in total. The number of carboxylic acids is 1. The Hall–Kier alpha value is -1.43. The molecule has 1 aromatic carbocycles. The Kier molecular flexibility index (Phi) is 7.81. The number of methoxy groups -OCH3 is 1. The van der Waals surface area contributed by atoms with Crippen LogP contribution in [0.4, 0.5) is 0 Å². The minimum atomic E-state index is -0.847. The Bertz CT molecular complexity index is 356. The van der Waals surface area contributed by atoms with Gasteiger partial charge in [-0.25, -0.2) is 0 Å². The highest BCUT2D eigenvalue weighted by Gasteiger charge is 2.16. The Morgan fingerprint density at radius 2 is 2.00 bits per heavy atom. The maximum absolute atomic E-state index is 11.1. The molecule has 0 spiro atoms. The van der Waals surface area contributed by atoms with Crippen molar-refractivity contribution >= 4 is 5.97 Å². The van der Waals surface area contributed by atoms with Crippen molar-refractivity contribution in [2.24, 2.45) is 0 Å². The molecule has 0 bridgehead atoms. The number of ether oxygens (including phenoxy) is 2. The zero-order valence-corrected chi connectivity index (χ0v) is 11.2. The van der Waals surface area contributed by atoms with E-state index in [1.54, 1.807) is 7.11 Å². The Labute approximate surface area is 113 Å². The predicted octanol–water partition coefficient (Wildman–Crippen LogP) is 0.935. The van der Waals surface area contributed by atoms with Crippen LogP contribution in [-0.2, 0) is 20.7 Å². The number of aliphatic carboxylic acids is 1. The first-order chi connectivity index (χ1) is 9.24. The fourth-order valence-electron chi connectivity index (χ4n) is 1.65. The van der Waals surface area contributed by atoms with E-state index in [-0.39, 0.29) is 0 Å². The fraction of sp³-hybridized carbons (Fsp3) is 0.500. The van der Waals surface area contributed by atoms with Gasteiger partial charge in [-0.15, -0.1) is 0 Å². The summed E-state index contributed by atoms with van der Waals surface area (Å²) in [5.74, 6) is -0.847. The van der Waals surface area contributed by atoms with Crippen molar-refractivity contribution in [3.05, 3.63) is 35.9 Å². The van der Waals surface area contributed by atoms with Crippen LogP contribution in [0.2, 0.25) is 0 Å². The molecule has 1 rings (SSSR count). The summed E-state index contributed by atoms with van der Waals surface area (Å²) in [5.41, 5.74) is 1.00. The average molecular weight is 267 g/mol. The highest BCUT2D eigenvalue weighted by atomic mass is 16.5. The normalized spacial score (nSPS) is 12.3. The number of hydrogen-bond donors (Lipinski definition) is 2. The monoisotopic (exact) mass is 267 g/mol. The van der Waals surface area contributed by atoms with Gasteiger partial charge in [-0.2, -0.15) is 0 Å². The largest absolute Gasteiger partial charge is 0.480 e. The molecule has 0 fully saturated rings. The molecule has 1 atom stereocenters. The van der Waals surface area contributed by atoms with Crippen molar-refractivity contribution in [1.29, 1.82) is 0 Å². The SMILES string of the molecule is COCCOCCNC(Cc1ccccc1)C(=O)O. The van der Waals surface area contributed by atoms with E-state index in [2.05, 4.69) is 5.32 Å². The fourth-order valence-corrected chi connectivity index (χ4v) is 1.65. The van der Waals surface area contributed by atoms with Gasteiger partial charge >= 0.3 is 5.97 Å². The lowest BCUT2D eigenvalue weighted by atomic mass is 10.1. The van der Waals surface area contributed by atoms with E-state index in [1.165, 1.54) is 0 Å². The van der Waals surface area contributed by atoms with Crippen LogP contribution < -0.4 is 5.32 Å². The van der Waals surface area contributed by atoms with Gasteiger partial charge in [-0.3, -0.25) is 4.79 Å². The summed E-state index contributed by atoms with van der Waals surface area (Å²) < 4.78 is 10.1. The minimum Gasteiger partial charge on any atom is -0.480 e. The molecule has 106 valence electrons. The van der Waals surface area contributed by atoms with Crippen molar-refractivity contribution in [1.82, 2.24) is 5.32 Å². The van der Waals surface area contributed by atoms with Crippen LogP contribution in [0, 0.1) is 0 Å². The molecule has 19 heavy (non-hydrogen) atoms. The summed E-state index contributed by atoms with van der Waals surface area (Å²) in [4.78, 5) is 11.1. The third-order valence-electron chi connectivity index (χ3n) is 2.65. The molecular formula is C14H21NO4. The Morgan fingerprint density at radius 3 is 2.63 bits per heavy atom. The summed E-state index contributed by atoms with van der Waals surface area (Å²) in [7, 11) is 1.61. The topological polar surface area (TPSA) is 67.8 Å². The number of carbonyl (C=O) groups is 1. The van der Waals surface area contributed by atoms with Crippen molar-refractivity contribution < 1.29 is 19.4 Å². The zero-order valence-electron chi connectivity index (χ0n) is 11.2. The summed E-state index contributed by atoms with van der Waals surface area (Å²) >= 11 is 0. The highest BCUT2D eigenvalue weighted by molar-refractivity contribution is 5.73. The van der Waals surface area contributed by atoms with E-state index in [9.17, 15) is 4.79 Å². The molecule has 0 aromatic heterocycles. The standard InChI is InChI=1S/C14H21NO4/c1-18-9-10-19-8-7-15-13(14(16)17)11-12-5-3-2-4-6-12/h2-6,13,15H,7-11H2,1H3,(H,16,17). The zero-order chi connectivity index (χ0) is 13.9. The van der Waals surface area contributed by atoms with E-state index in [4.69, 9.17) is 14.6 Å². The van der Waals surface area contributed by atoms with Crippen molar-refractivity contribution in [2.75, 3.05) is 33.5 Å². The second kappa shape index (κ2) is 9.49. The van der Waals surface area contributed by atoms with Crippen molar-refractivity contribution in [3.63, 3.8) is 0 Å². The summed E-state index contributed by atoms with van der Waals surface area (Å²) in [6, 6.07) is 8.98. The van der Waals surface area contributed by atoms with E-state index in [1.807, 2.05) is 30.3 Å². The first-order valence-electron chi connectivity index (χ1n) is 6.31. The molecule has 5 heteroatoms. The van der Waals surface area contributed by atoms with E-state index in [0.29, 0.717) is 32.8 Å². The lowest BCUT2D eigenvalue weighted by Crippen LogP contribution is -2.40. The minimum absolute atomic E-state index is 0.467. The highest BCUT2D eigenvalue weighted by Crippen LogP contribution is 2.03. The lowest BCUT2D eigenvalue weighted by Gasteiger charge is -2.14. The Balaban J connectivity index is 2.27. The van der Waals surface area contributed by atoms with Crippen LogP contribution in [0.25, 0.3) is 0 Å². The molecule has 5 nitrogen and oxygen atoms in total. The van der Waals surface area contributed by atoms with Crippen LogP contribution >= 0.6 is 0 Å². The average Bonchev–Trinajstić information content (AvgIpc) is 2.42. The molecule has 0 saturated carbocycles. The third kappa shape index (κ3) is 6.91. The lowest BCUT2D eigenvalue weighted by molar-refractivity contribution is -0.139. The van der Waals surface area contributed by atoms with Crippen LogP contribution in [0.5, 0.6) is 0 Å². The molecule has 0 heterocycles. The number of nitrogens with one attached hydrogen (secondary N) is 1. The number of benzene rings is 1. The summed E-state index contributed by atoms with van der Waals surface area (Å²) in [5, 5.41) is 12.1. The molecule has 0 amide bonds. The molecule has 0 aliphatic carbocycles. The molecule has 0 radical (unpaired) electrons. The van der Waals surface area contributed by atoms with Gasteiger partial charge in [0.2, 0.25) is 0 Å². The van der Waals surface area contributed by atoms with E-state index < -0.39 is 12.0 Å². The maximum atomic E-state index is 11.1. The molecule has 1 unspecified atom stereocenters. The van der Waals surface area contributed by atoms with Gasteiger partial charge in [0.25, 0.3) is 0 Å². The van der Waals surface area contributed by atoms with Crippen LogP contribution in [-0.4, -0.2) is 50.6 Å². The van der Waals surface area contributed by atoms with E-state index in [0.717, 1.165) is 5.56 Å². The van der Waals surface area contributed by atoms with E-state index >= 15 is 0 Å². The van der Waals surface area contributed by atoms with Gasteiger partial charge in [0.15, 0.2) is 0 Å².